The second-order valence-electron chi connectivity index (χ2n) is 4.31. The number of nitrogen functional groups attached to an aromatic ring is 1. The average molecular weight is 264 g/mol. The fraction of sp³-hybridized carbons (Fsp3) is 0.385. The van der Waals surface area contributed by atoms with E-state index in [-0.39, 0.29) is 18.4 Å². The van der Waals surface area contributed by atoms with Crippen LogP contribution in [0.15, 0.2) is 18.2 Å². The van der Waals surface area contributed by atoms with Crippen LogP contribution >= 0.6 is 0 Å². The van der Waals surface area contributed by atoms with Crippen LogP contribution in [0.25, 0.3) is 0 Å². The molecule has 0 unspecified atom stereocenters. The van der Waals surface area contributed by atoms with Gasteiger partial charge in [-0.2, -0.15) is 0 Å². The van der Waals surface area contributed by atoms with Crippen molar-refractivity contribution in [1.29, 1.82) is 0 Å². The Kier molecular flexibility index (Phi) is 5.17. The van der Waals surface area contributed by atoms with Gasteiger partial charge in [-0.15, -0.1) is 0 Å². The molecular weight excluding hydrogens is 244 g/mol. The number of nitrogens with zero attached hydrogens (tertiary/aromatic N) is 1. The highest BCUT2D eigenvalue weighted by molar-refractivity contribution is 6.00. The van der Waals surface area contributed by atoms with E-state index in [1.165, 1.54) is 4.90 Å². The van der Waals surface area contributed by atoms with E-state index < -0.39 is 0 Å². The Morgan fingerprint density at radius 2 is 2.00 bits per heavy atom. The van der Waals surface area contributed by atoms with Crippen molar-refractivity contribution in [2.24, 2.45) is 0 Å². The van der Waals surface area contributed by atoms with E-state index in [0.29, 0.717) is 23.5 Å². The molecule has 0 bridgehead atoms. The highest BCUT2D eigenvalue weighted by atomic mass is 16.2. The van der Waals surface area contributed by atoms with Crippen molar-refractivity contribution >= 4 is 23.2 Å². The number of carbonyl (C=O) groups excluding carboxylic acids is 2. The molecule has 0 heterocycles. The third kappa shape index (κ3) is 4.17. The molecule has 1 aromatic rings. The molecule has 0 saturated heterocycles. The Morgan fingerprint density at radius 1 is 1.32 bits per heavy atom. The number of amides is 2. The van der Waals surface area contributed by atoms with Gasteiger partial charge in [0.15, 0.2) is 0 Å². The zero-order chi connectivity index (χ0) is 14.4. The molecule has 0 aliphatic rings. The fourth-order valence-corrected chi connectivity index (χ4v) is 1.57. The lowest BCUT2D eigenvalue weighted by molar-refractivity contribution is -0.119. The smallest absolute Gasteiger partial charge is 0.255 e. The lowest BCUT2D eigenvalue weighted by Gasteiger charge is -2.15. The summed E-state index contributed by atoms with van der Waals surface area (Å²) in [4.78, 5) is 24.9. The Balaban J connectivity index is 2.89. The summed E-state index contributed by atoms with van der Waals surface area (Å²) in [6.07, 6.45) is 0. The molecule has 104 valence electrons. The van der Waals surface area contributed by atoms with Crippen molar-refractivity contribution in [3.05, 3.63) is 23.8 Å². The van der Waals surface area contributed by atoms with Crippen LogP contribution in [0.1, 0.15) is 17.3 Å². The van der Waals surface area contributed by atoms with Gasteiger partial charge in [0.25, 0.3) is 5.91 Å². The minimum absolute atomic E-state index is 0.102. The van der Waals surface area contributed by atoms with Gasteiger partial charge >= 0.3 is 0 Å². The minimum atomic E-state index is -0.140. The molecule has 0 aliphatic carbocycles. The predicted molar refractivity (Wildman–Crippen MR) is 76.0 cm³/mol. The number of nitrogens with one attached hydrogen (secondary N) is 2. The summed E-state index contributed by atoms with van der Waals surface area (Å²) in [5, 5.41) is 5.61. The van der Waals surface area contributed by atoms with Crippen molar-refractivity contribution in [3.63, 3.8) is 0 Å². The molecule has 0 atom stereocenters. The number of carbonyl (C=O) groups is 2. The first-order valence-corrected chi connectivity index (χ1v) is 6.07. The van der Waals surface area contributed by atoms with Crippen LogP contribution in [0.4, 0.5) is 11.4 Å². The maximum absolute atomic E-state index is 12.0. The molecule has 0 radical (unpaired) electrons. The standard InChI is InChI=1S/C13H20N4O2/c1-4-15-12(18)8-16-11-7-9(14)5-6-10(11)13(19)17(2)3/h5-7,16H,4,8,14H2,1-3H3,(H,15,18). The van der Waals surface area contributed by atoms with E-state index in [9.17, 15) is 9.59 Å². The van der Waals surface area contributed by atoms with Crippen LogP contribution in [-0.2, 0) is 4.79 Å². The van der Waals surface area contributed by atoms with Gasteiger partial charge < -0.3 is 21.3 Å². The van der Waals surface area contributed by atoms with Crippen molar-refractivity contribution in [3.8, 4) is 0 Å². The van der Waals surface area contributed by atoms with Gasteiger partial charge in [-0.05, 0) is 25.1 Å². The zero-order valence-corrected chi connectivity index (χ0v) is 11.5. The van der Waals surface area contributed by atoms with E-state index in [2.05, 4.69) is 10.6 Å². The topological polar surface area (TPSA) is 87.5 Å². The Bertz CT molecular complexity index is 472. The van der Waals surface area contributed by atoms with Crippen LogP contribution in [-0.4, -0.2) is 43.9 Å². The largest absolute Gasteiger partial charge is 0.399 e. The monoisotopic (exact) mass is 264 g/mol. The highest BCUT2D eigenvalue weighted by Gasteiger charge is 2.14. The van der Waals surface area contributed by atoms with E-state index in [0.717, 1.165) is 0 Å². The Labute approximate surface area is 113 Å². The first kappa shape index (κ1) is 14.8. The van der Waals surface area contributed by atoms with Gasteiger partial charge in [-0.3, -0.25) is 9.59 Å². The number of nitrogens with two attached hydrogens (primary N) is 1. The average Bonchev–Trinajstić information content (AvgIpc) is 2.36. The van der Waals surface area contributed by atoms with Crippen LogP contribution in [0.5, 0.6) is 0 Å². The molecule has 0 aromatic heterocycles. The van der Waals surface area contributed by atoms with Gasteiger partial charge in [0.2, 0.25) is 5.91 Å². The van der Waals surface area contributed by atoms with Crippen molar-refractivity contribution < 1.29 is 9.59 Å². The minimum Gasteiger partial charge on any atom is -0.399 e. The summed E-state index contributed by atoms with van der Waals surface area (Å²) in [5.41, 5.74) is 7.29. The molecule has 2 amide bonds. The normalized spacial score (nSPS) is 9.84. The van der Waals surface area contributed by atoms with E-state index in [4.69, 9.17) is 5.73 Å². The second kappa shape index (κ2) is 6.63. The molecule has 0 fully saturated rings. The van der Waals surface area contributed by atoms with E-state index >= 15 is 0 Å². The summed E-state index contributed by atoms with van der Waals surface area (Å²) in [6.45, 7) is 2.52. The quantitative estimate of drug-likeness (QED) is 0.677. The summed E-state index contributed by atoms with van der Waals surface area (Å²) in [5.74, 6) is -0.272. The first-order chi connectivity index (χ1) is 8.95. The lowest BCUT2D eigenvalue weighted by atomic mass is 10.1. The molecule has 1 rings (SSSR count). The molecule has 4 N–H and O–H groups in total. The zero-order valence-electron chi connectivity index (χ0n) is 11.5. The lowest BCUT2D eigenvalue weighted by Crippen LogP contribution is -2.30. The van der Waals surface area contributed by atoms with Crippen LogP contribution in [0, 0.1) is 0 Å². The van der Waals surface area contributed by atoms with Gasteiger partial charge in [-0.1, -0.05) is 0 Å². The first-order valence-electron chi connectivity index (χ1n) is 6.07. The predicted octanol–water partition coefficient (Wildman–Crippen LogP) is 0.519. The van der Waals surface area contributed by atoms with Crippen molar-refractivity contribution in [1.82, 2.24) is 10.2 Å². The molecule has 1 aromatic carbocycles. The summed E-state index contributed by atoms with van der Waals surface area (Å²) in [7, 11) is 3.35. The number of hydrogen-bond donors (Lipinski definition) is 3. The molecule has 0 aliphatic heterocycles. The molecule has 0 saturated carbocycles. The highest BCUT2D eigenvalue weighted by Crippen LogP contribution is 2.20. The second-order valence-corrected chi connectivity index (χ2v) is 4.31. The molecular formula is C13H20N4O2. The van der Waals surface area contributed by atoms with Crippen LogP contribution in [0.3, 0.4) is 0 Å². The Hall–Kier alpha value is -2.24. The maximum Gasteiger partial charge on any atom is 0.255 e. The number of rotatable bonds is 5. The van der Waals surface area contributed by atoms with E-state index in [1.54, 1.807) is 32.3 Å². The van der Waals surface area contributed by atoms with Crippen molar-refractivity contribution in [2.45, 2.75) is 6.92 Å². The SMILES string of the molecule is CCNC(=O)CNc1cc(N)ccc1C(=O)N(C)C. The maximum atomic E-state index is 12.0. The van der Waals surface area contributed by atoms with Gasteiger partial charge in [0.1, 0.15) is 0 Å². The summed E-state index contributed by atoms with van der Waals surface area (Å²) < 4.78 is 0. The molecule has 6 heteroatoms. The van der Waals surface area contributed by atoms with Crippen molar-refractivity contribution in [2.75, 3.05) is 38.2 Å². The third-order valence-corrected chi connectivity index (χ3v) is 2.49. The van der Waals surface area contributed by atoms with Crippen LogP contribution in [0.2, 0.25) is 0 Å². The van der Waals surface area contributed by atoms with Gasteiger partial charge in [0.05, 0.1) is 12.1 Å². The van der Waals surface area contributed by atoms with E-state index in [1.807, 2.05) is 6.92 Å². The van der Waals surface area contributed by atoms with Gasteiger partial charge in [0, 0.05) is 32.0 Å². The van der Waals surface area contributed by atoms with Gasteiger partial charge in [-0.25, -0.2) is 0 Å². The van der Waals surface area contributed by atoms with Crippen LogP contribution < -0.4 is 16.4 Å². The number of benzene rings is 1. The summed E-state index contributed by atoms with van der Waals surface area (Å²) in [6, 6.07) is 4.96. The Morgan fingerprint density at radius 3 is 2.58 bits per heavy atom. The third-order valence-electron chi connectivity index (χ3n) is 2.49. The molecule has 6 nitrogen and oxygen atoms in total. The number of hydrogen-bond acceptors (Lipinski definition) is 4. The number of anilines is 2. The fourth-order valence-electron chi connectivity index (χ4n) is 1.57. The summed E-state index contributed by atoms with van der Waals surface area (Å²) >= 11 is 0. The number of likely N-dealkylation sites (N-methyl/N-ethyl adjacent to an activating group) is 1. The molecule has 0 spiro atoms. The molecule has 19 heavy (non-hydrogen) atoms.